The molecule has 0 bridgehead atoms. The number of aryl methyl sites for hydroxylation is 1. The van der Waals surface area contributed by atoms with E-state index < -0.39 is 5.79 Å². The van der Waals surface area contributed by atoms with Gasteiger partial charge in [-0.3, -0.25) is 0 Å². The Kier molecular flexibility index (Phi) is 4.57. The summed E-state index contributed by atoms with van der Waals surface area (Å²) in [6.07, 6.45) is 0.901. The van der Waals surface area contributed by atoms with Crippen LogP contribution in [0.3, 0.4) is 0 Å². The minimum absolute atomic E-state index is 0.0348. The Hall–Kier alpha value is -0.590. The highest BCUT2D eigenvalue weighted by Gasteiger charge is 2.47. The van der Waals surface area contributed by atoms with Crippen LogP contribution in [0.1, 0.15) is 25.8 Å². The van der Waals surface area contributed by atoms with Gasteiger partial charge in [0.1, 0.15) is 12.2 Å². The predicted molar refractivity (Wildman–Crippen MR) is 81.2 cm³/mol. The second kappa shape index (κ2) is 6.26. The highest BCUT2D eigenvalue weighted by molar-refractivity contribution is 7.94. The van der Waals surface area contributed by atoms with Crippen LogP contribution in [0.15, 0.2) is 29.2 Å². The van der Waals surface area contributed by atoms with E-state index in [0.717, 1.165) is 11.3 Å². The van der Waals surface area contributed by atoms with Crippen molar-refractivity contribution in [1.82, 2.24) is 0 Å². The molecule has 2 aliphatic heterocycles. The molecule has 0 N–H and O–H groups in total. The van der Waals surface area contributed by atoms with Gasteiger partial charge in [-0.15, -0.1) is 0 Å². The third kappa shape index (κ3) is 3.79. The van der Waals surface area contributed by atoms with Crippen molar-refractivity contribution in [2.45, 2.75) is 56.2 Å². The molecular formula is C16H22O4S. The summed E-state index contributed by atoms with van der Waals surface area (Å²) in [6.45, 7) is 7.17. The van der Waals surface area contributed by atoms with E-state index in [2.05, 4.69) is 31.2 Å². The van der Waals surface area contributed by atoms with Crippen molar-refractivity contribution < 1.29 is 18.4 Å². The molecule has 21 heavy (non-hydrogen) atoms. The lowest BCUT2D eigenvalue weighted by Gasteiger charge is -2.30. The first-order valence-electron chi connectivity index (χ1n) is 7.37. The monoisotopic (exact) mass is 310 g/mol. The summed E-state index contributed by atoms with van der Waals surface area (Å²) in [7, 11) is 0. The van der Waals surface area contributed by atoms with Gasteiger partial charge in [0.15, 0.2) is 5.79 Å². The first-order valence-corrected chi connectivity index (χ1v) is 8.11. The van der Waals surface area contributed by atoms with Crippen LogP contribution in [0.5, 0.6) is 0 Å². The molecule has 116 valence electrons. The molecule has 0 aliphatic carbocycles. The Morgan fingerprint density at radius 2 is 2.00 bits per heavy atom. The Morgan fingerprint density at radius 3 is 2.76 bits per heavy atom. The fourth-order valence-corrected chi connectivity index (χ4v) is 3.32. The summed E-state index contributed by atoms with van der Waals surface area (Å²) in [5.41, 5.74) is 1.25. The van der Waals surface area contributed by atoms with E-state index in [-0.39, 0.29) is 18.3 Å². The van der Waals surface area contributed by atoms with E-state index in [1.54, 1.807) is 0 Å². The first kappa shape index (κ1) is 15.3. The zero-order chi connectivity index (χ0) is 14.9. The molecule has 0 saturated carbocycles. The summed E-state index contributed by atoms with van der Waals surface area (Å²) in [6, 6.07) is 8.27. The van der Waals surface area contributed by atoms with Gasteiger partial charge in [0.05, 0.1) is 12.7 Å². The van der Waals surface area contributed by atoms with Crippen LogP contribution in [0.2, 0.25) is 0 Å². The molecule has 0 amide bonds. The van der Waals surface area contributed by atoms with Crippen molar-refractivity contribution in [3.63, 3.8) is 0 Å². The molecule has 2 fully saturated rings. The SMILES string of the molecule is Cc1ccc(SOCC2OCCC3OC(C)(C)OC23)cc1. The van der Waals surface area contributed by atoms with Crippen molar-refractivity contribution in [3.8, 4) is 0 Å². The number of fused-ring (bicyclic) bond motifs is 1. The van der Waals surface area contributed by atoms with Gasteiger partial charge in [-0.1, -0.05) is 17.7 Å². The van der Waals surface area contributed by atoms with Gasteiger partial charge in [0.2, 0.25) is 0 Å². The van der Waals surface area contributed by atoms with Gasteiger partial charge in [-0.25, -0.2) is 0 Å². The second-order valence-electron chi connectivity index (χ2n) is 6.02. The van der Waals surface area contributed by atoms with Crippen LogP contribution in [-0.2, 0) is 18.4 Å². The van der Waals surface area contributed by atoms with E-state index in [1.165, 1.54) is 17.6 Å². The minimum Gasteiger partial charge on any atom is -0.373 e. The lowest BCUT2D eigenvalue weighted by Crippen LogP contribution is -2.44. The van der Waals surface area contributed by atoms with Crippen LogP contribution in [0.4, 0.5) is 0 Å². The number of hydrogen-bond donors (Lipinski definition) is 0. The topological polar surface area (TPSA) is 36.9 Å². The molecule has 3 atom stereocenters. The third-order valence-electron chi connectivity index (χ3n) is 3.73. The molecular weight excluding hydrogens is 288 g/mol. The van der Waals surface area contributed by atoms with E-state index >= 15 is 0 Å². The number of benzene rings is 1. The Bertz CT molecular complexity index is 474. The molecule has 2 saturated heterocycles. The maximum absolute atomic E-state index is 5.95. The number of hydrogen-bond acceptors (Lipinski definition) is 5. The Labute approximate surface area is 130 Å². The van der Waals surface area contributed by atoms with Crippen molar-refractivity contribution in [2.75, 3.05) is 13.2 Å². The molecule has 0 radical (unpaired) electrons. The summed E-state index contributed by atoms with van der Waals surface area (Å²) >= 11 is 1.38. The summed E-state index contributed by atoms with van der Waals surface area (Å²) < 4.78 is 23.4. The smallest absolute Gasteiger partial charge is 0.163 e. The minimum atomic E-state index is -0.522. The molecule has 1 aromatic rings. The standard InChI is InChI=1S/C16H22O4S/c1-11-4-6-12(7-5-11)21-18-10-14-15-13(8-9-17-14)19-16(2,3)20-15/h4-7,13-15H,8-10H2,1-3H3. The molecule has 1 aromatic carbocycles. The number of ether oxygens (including phenoxy) is 3. The van der Waals surface area contributed by atoms with Crippen molar-refractivity contribution in [2.24, 2.45) is 0 Å². The van der Waals surface area contributed by atoms with Crippen LogP contribution < -0.4 is 0 Å². The average molecular weight is 310 g/mol. The molecule has 2 heterocycles. The predicted octanol–water partition coefficient (Wildman–Crippen LogP) is 3.33. The largest absolute Gasteiger partial charge is 0.373 e. The van der Waals surface area contributed by atoms with Crippen molar-refractivity contribution in [1.29, 1.82) is 0 Å². The zero-order valence-corrected chi connectivity index (χ0v) is 13.5. The molecule has 0 spiro atoms. The highest BCUT2D eigenvalue weighted by Crippen LogP contribution is 2.35. The van der Waals surface area contributed by atoms with Gasteiger partial charge in [-0.05, 0) is 39.3 Å². The molecule has 4 nitrogen and oxygen atoms in total. The summed E-state index contributed by atoms with van der Waals surface area (Å²) in [5, 5.41) is 0. The lowest BCUT2D eigenvalue weighted by atomic mass is 10.0. The van der Waals surface area contributed by atoms with E-state index in [0.29, 0.717) is 13.2 Å². The van der Waals surface area contributed by atoms with E-state index in [9.17, 15) is 0 Å². The average Bonchev–Trinajstić information content (AvgIpc) is 2.76. The lowest BCUT2D eigenvalue weighted by molar-refractivity contribution is -0.156. The number of rotatable bonds is 4. The zero-order valence-electron chi connectivity index (χ0n) is 12.7. The van der Waals surface area contributed by atoms with E-state index in [1.807, 2.05) is 13.8 Å². The van der Waals surface area contributed by atoms with E-state index in [4.69, 9.17) is 18.4 Å². The maximum atomic E-state index is 5.95. The fourth-order valence-electron chi connectivity index (χ4n) is 2.74. The fraction of sp³-hybridized carbons (Fsp3) is 0.625. The van der Waals surface area contributed by atoms with Crippen LogP contribution in [0.25, 0.3) is 0 Å². The molecule has 0 aromatic heterocycles. The van der Waals surface area contributed by atoms with Crippen molar-refractivity contribution in [3.05, 3.63) is 29.8 Å². The third-order valence-corrected chi connectivity index (χ3v) is 4.45. The van der Waals surface area contributed by atoms with Gasteiger partial charge in [0, 0.05) is 23.5 Å². The quantitative estimate of drug-likeness (QED) is 0.797. The van der Waals surface area contributed by atoms with Gasteiger partial charge in [-0.2, -0.15) is 0 Å². The Morgan fingerprint density at radius 1 is 1.24 bits per heavy atom. The summed E-state index contributed by atoms with van der Waals surface area (Å²) in [5.74, 6) is -0.522. The molecule has 3 rings (SSSR count). The molecule has 2 aliphatic rings. The first-order chi connectivity index (χ1) is 10.0. The second-order valence-corrected chi connectivity index (χ2v) is 6.89. The van der Waals surface area contributed by atoms with Gasteiger partial charge >= 0.3 is 0 Å². The highest BCUT2D eigenvalue weighted by atomic mass is 32.2. The molecule has 3 unspecified atom stereocenters. The Balaban J connectivity index is 1.51. The van der Waals surface area contributed by atoms with Crippen LogP contribution in [0, 0.1) is 6.92 Å². The van der Waals surface area contributed by atoms with Gasteiger partial charge < -0.3 is 18.4 Å². The van der Waals surface area contributed by atoms with Crippen LogP contribution >= 0.6 is 12.0 Å². The maximum Gasteiger partial charge on any atom is 0.163 e. The van der Waals surface area contributed by atoms with Crippen molar-refractivity contribution >= 4 is 12.0 Å². The van der Waals surface area contributed by atoms with Crippen LogP contribution in [-0.4, -0.2) is 37.3 Å². The molecule has 5 heteroatoms. The normalized spacial score (nSPS) is 31.1. The van der Waals surface area contributed by atoms with Gasteiger partial charge in [0.25, 0.3) is 0 Å². The summed E-state index contributed by atoms with van der Waals surface area (Å²) in [4.78, 5) is 1.09.